The SMILES string of the molecule is O=c1[nH]ncc(N2CC=C(c3ccc(Cl)nc3)CC2)c1Cl. The molecule has 108 valence electrons. The van der Waals surface area contributed by atoms with E-state index in [0.717, 1.165) is 18.5 Å². The van der Waals surface area contributed by atoms with Crippen molar-refractivity contribution in [2.75, 3.05) is 18.0 Å². The Morgan fingerprint density at radius 3 is 2.76 bits per heavy atom. The largest absolute Gasteiger partial charge is 0.365 e. The summed E-state index contributed by atoms with van der Waals surface area (Å²) in [4.78, 5) is 17.6. The van der Waals surface area contributed by atoms with Gasteiger partial charge in [0.05, 0.1) is 11.9 Å². The molecule has 2 aromatic rings. The monoisotopic (exact) mass is 322 g/mol. The van der Waals surface area contributed by atoms with Crippen molar-refractivity contribution in [2.24, 2.45) is 0 Å². The second-order valence-electron chi connectivity index (χ2n) is 4.69. The van der Waals surface area contributed by atoms with Gasteiger partial charge in [-0.05, 0) is 23.6 Å². The smallest absolute Gasteiger partial charge is 0.285 e. The maximum Gasteiger partial charge on any atom is 0.285 e. The third kappa shape index (κ3) is 2.94. The minimum Gasteiger partial charge on any atom is -0.365 e. The summed E-state index contributed by atoms with van der Waals surface area (Å²) in [6, 6.07) is 3.74. The van der Waals surface area contributed by atoms with Crippen molar-refractivity contribution in [1.82, 2.24) is 15.2 Å². The lowest BCUT2D eigenvalue weighted by molar-refractivity contribution is 0.820. The number of rotatable bonds is 2. The number of pyridine rings is 1. The van der Waals surface area contributed by atoms with Crippen molar-refractivity contribution in [1.29, 1.82) is 0 Å². The molecule has 2 aromatic heterocycles. The maximum atomic E-state index is 11.5. The summed E-state index contributed by atoms with van der Waals surface area (Å²) in [5, 5.41) is 6.78. The zero-order valence-electron chi connectivity index (χ0n) is 11.0. The van der Waals surface area contributed by atoms with E-state index in [-0.39, 0.29) is 10.6 Å². The number of hydrogen-bond acceptors (Lipinski definition) is 4. The van der Waals surface area contributed by atoms with Crippen LogP contribution in [0.15, 0.2) is 35.4 Å². The van der Waals surface area contributed by atoms with Crippen LogP contribution in [-0.4, -0.2) is 28.3 Å². The van der Waals surface area contributed by atoms with E-state index in [1.807, 2.05) is 11.0 Å². The predicted molar refractivity (Wildman–Crippen MR) is 83.9 cm³/mol. The van der Waals surface area contributed by atoms with Crippen LogP contribution in [0.4, 0.5) is 5.69 Å². The fraction of sp³-hybridized carbons (Fsp3) is 0.214. The lowest BCUT2D eigenvalue weighted by Gasteiger charge is -2.28. The van der Waals surface area contributed by atoms with Gasteiger partial charge in [-0.3, -0.25) is 4.79 Å². The zero-order valence-corrected chi connectivity index (χ0v) is 12.5. The molecule has 0 saturated heterocycles. The molecular formula is C14H12Cl2N4O. The van der Waals surface area contributed by atoms with Crippen LogP contribution in [0.1, 0.15) is 12.0 Å². The van der Waals surface area contributed by atoms with Crippen molar-refractivity contribution in [2.45, 2.75) is 6.42 Å². The van der Waals surface area contributed by atoms with Gasteiger partial charge in [-0.1, -0.05) is 35.3 Å². The van der Waals surface area contributed by atoms with E-state index in [1.54, 1.807) is 18.5 Å². The van der Waals surface area contributed by atoms with Crippen molar-refractivity contribution in [3.63, 3.8) is 0 Å². The summed E-state index contributed by atoms with van der Waals surface area (Å²) in [6.07, 6.45) is 6.29. The summed E-state index contributed by atoms with van der Waals surface area (Å²) in [5.41, 5.74) is 2.56. The summed E-state index contributed by atoms with van der Waals surface area (Å²) in [5.74, 6) is 0. The molecule has 0 unspecified atom stereocenters. The fourth-order valence-corrected chi connectivity index (χ4v) is 2.63. The number of H-pyrrole nitrogens is 1. The van der Waals surface area contributed by atoms with Gasteiger partial charge in [-0.25, -0.2) is 10.1 Å². The Hall–Kier alpha value is -1.85. The normalized spacial score (nSPS) is 15.0. The minimum atomic E-state index is -0.370. The number of anilines is 1. The molecule has 7 heteroatoms. The lowest BCUT2D eigenvalue weighted by Crippen LogP contribution is -2.30. The number of halogens is 2. The molecule has 3 heterocycles. The summed E-state index contributed by atoms with van der Waals surface area (Å²) in [6.45, 7) is 1.43. The highest BCUT2D eigenvalue weighted by molar-refractivity contribution is 6.33. The molecule has 0 spiro atoms. The molecule has 0 atom stereocenters. The van der Waals surface area contributed by atoms with Crippen LogP contribution >= 0.6 is 23.2 Å². The Bertz CT molecular complexity index is 739. The molecule has 0 saturated carbocycles. The van der Waals surface area contributed by atoms with E-state index in [2.05, 4.69) is 21.3 Å². The van der Waals surface area contributed by atoms with Gasteiger partial charge in [-0.2, -0.15) is 5.10 Å². The predicted octanol–water partition coefficient (Wildman–Crippen LogP) is 2.77. The molecular weight excluding hydrogens is 311 g/mol. The molecule has 0 fully saturated rings. The van der Waals surface area contributed by atoms with Crippen molar-refractivity contribution >= 4 is 34.5 Å². The Kier molecular flexibility index (Phi) is 3.94. The summed E-state index contributed by atoms with van der Waals surface area (Å²) < 4.78 is 0. The third-order valence-electron chi connectivity index (χ3n) is 3.43. The minimum absolute atomic E-state index is 0.176. The van der Waals surface area contributed by atoms with E-state index in [1.165, 1.54) is 5.57 Å². The van der Waals surface area contributed by atoms with Gasteiger partial charge in [0.2, 0.25) is 0 Å². The van der Waals surface area contributed by atoms with Gasteiger partial charge in [0.1, 0.15) is 10.2 Å². The molecule has 1 N–H and O–H groups in total. The highest BCUT2D eigenvalue weighted by Gasteiger charge is 2.17. The van der Waals surface area contributed by atoms with Gasteiger partial charge in [0, 0.05) is 19.3 Å². The van der Waals surface area contributed by atoms with Crippen molar-refractivity contribution in [3.05, 3.63) is 56.7 Å². The molecule has 1 aliphatic heterocycles. The molecule has 21 heavy (non-hydrogen) atoms. The number of aromatic nitrogens is 3. The van der Waals surface area contributed by atoms with Gasteiger partial charge in [0.25, 0.3) is 5.56 Å². The molecule has 0 radical (unpaired) electrons. The van der Waals surface area contributed by atoms with E-state index in [9.17, 15) is 4.79 Å². The average Bonchev–Trinajstić information content (AvgIpc) is 2.51. The highest BCUT2D eigenvalue weighted by Crippen LogP contribution is 2.27. The Morgan fingerprint density at radius 2 is 2.10 bits per heavy atom. The average molecular weight is 323 g/mol. The second kappa shape index (κ2) is 5.87. The van der Waals surface area contributed by atoms with Gasteiger partial charge < -0.3 is 4.90 Å². The molecule has 0 aliphatic carbocycles. The highest BCUT2D eigenvalue weighted by atomic mass is 35.5. The molecule has 0 aromatic carbocycles. The van der Waals surface area contributed by atoms with Crippen molar-refractivity contribution < 1.29 is 0 Å². The Labute approximate surface area is 131 Å². The van der Waals surface area contributed by atoms with Crippen LogP contribution in [-0.2, 0) is 0 Å². The third-order valence-corrected chi connectivity index (χ3v) is 4.01. The van der Waals surface area contributed by atoms with Gasteiger partial charge in [-0.15, -0.1) is 0 Å². The van der Waals surface area contributed by atoms with Crippen LogP contribution in [0.25, 0.3) is 5.57 Å². The van der Waals surface area contributed by atoms with Crippen LogP contribution in [0.3, 0.4) is 0 Å². The molecule has 0 bridgehead atoms. The zero-order chi connectivity index (χ0) is 14.8. The van der Waals surface area contributed by atoms with Gasteiger partial charge >= 0.3 is 0 Å². The van der Waals surface area contributed by atoms with E-state index in [4.69, 9.17) is 23.2 Å². The Morgan fingerprint density at radius 1 is 1.24 bits per heavy atom. The Balaban J connectivity index is 1.82. The first kappa shape index (κ1) is 14.1. The molecule has 0 amide bonds. The first-order valence-corrected chi connectivity index (χ1v) is 7.20. The number of aromatic amines is 1. The van der Waals surface area contributed by atoms with Crippen LogP contribution in [0, 0.1) is 0 Å². The topological polar surface area (TPSA) is 61.9 Å². The fourth-order valence-electron chi connectivity index (χ4n) is 2.31. The number of hydrogen-bond donors (Lipinski definition) is 1. The summed E-state index contributed by atoms with van der Waals surface area (Å²) in [7, 11) is 0. The van der Waals surface area contributed by atoms with E-state index in [0.29, 0.717) is 17.4 Å². The molecule has 5 nitrogen and oxygen atoms in total. The maximum absolute atomic E-state index is 11.5. The van der Waals surface area contributed by atoms with E-state index < -0.39 is 0 Å². The second-order valence-corrected chi connectivity index (χ2v) is 5.46. The standard InChI is InChI=1S/C14H12Cl2N4O/c15-12-2-1-10(7-17-12)9-3-5-20(6-4-9)11-8-18-19-14(21)13(11)16/h1-3,7-8H,4-6H2,(H,19,21). The summed E-state index contributed by atoms with van der Waals surface area (Å²) >= 11 is 11.8. The van der Waals surface area contributed by atoms with Crippen LogP contribution in [0.2, 0.25) is 10.2 Å². The van der Waals surface area contributed by atoms with Crippen molar-refractivity contribution in [3.8, 4) is 0 Å². The molecule has 1 aliphatic rings. The van der Waals surface area contributed by atoms with Crippen LogP contribution in [0.5, 0.6) is 0 Å². The first-order valence-electron chi connectivity index (χ1n) is 6.44. The molecule has 3 rings (SSSR count). The quantitative estimate of drug-likeness (QED) is 0.863. The first-order chi connectivity index (χ1) is 10.1. The van der Waals surface area contributed by atoms with Crippen LogP contribution < -0.4 is 10.5 Å². The van der Waals surface area contributed by atoms with Gasteiger partial charge in [0.15, 0.2) is 0 Å². The number of nitrogens with zero attached hydrogens (tertiary/aromatic N) is 3. The van der Waals surface area contributed by atoms with E-state index >= 15 is 0 Å². The lowest BCUT2D eigenvalue weighted by atomic mass is 10.0. The number of nitrogens with one attached hydrogen (secondary N) is 1.